The minimum Gasteiger partial charge on any atom is -0.367 e. The van der Waals surface area contributed by atoms with Gasteiger partial charge in [0.05, 0.1) is 0 Å². The number of amides is 1. The number of carbonyl (C=O) groups is 1. The first-order valence-electron chi connectivity index (χ1n) is 7.72. The highest BCUT2D eigenvalue weighted by atomic mass is 19.1. The molecule has 114 valence electrons. The molecular formula is C16H22FN3O. The summed E-state index contributed by atoms with van der Waals surface area (Å²) in [5.74, 6) is 0.0907. The van der Waals surface area contributed by atoms with Crippen LogP contribution in [0.1, 0.15) is 25.3 Å². The van der Waals surface area contributed by atoms with E-state index in [4.69, 9.17) is 0 Å². The standard InChI is InChI=1S/C16H22FN3O/c1-2-18-10-12-9-13(17)3-5-15(12)19-7-8-20-14(11-19)4-6-16(20)21/h3,5,9,14,18H,2,4,6-8,10-11H2,1H3. The Morgan fingerprint density at radius 3 is 3.05 bits per heavy atom. The Bertz CT molecular complexity index is 534. The molecule has 1 unspecified atom stereocenters. The molecule has 0 bridgehead atoms. The van der Waals surface area contributed by atoms with E-state index in [2.05, 4.69) is 10.2 Å². The normalized spacial score (nSPS) is 21.8. The molecule has 21 heavy (non-hydrogen) atoms. The topological polar surface area (TPSA) is 35.6 Å². The third-order valence-corrected chi connectivity index (χ3v) is 4.44. The second-order valence-corrected chi connectivity index (χ2v) is 5.78. The van der Waals surface area contributed by atoms with Crippen LogP contribution >= 0.6 is 0 Å². The SMILES string of the molecule is CCNCc1cc(F)ccc1N1CCN2C(=O)CCC2C1. The van der Waals surface area contributed by atoms with Crippen molar-refractivity contribution in [3.63, 3.8) is 0 Å². The highest BCUT2D eigenvalue weighted by Gasteiger charge is 2.35. The van der Waals surface area contributed by atoms with Crippen molar-refractivity contribution < 1.29 is 9.18 Å². The molecule has 1 N–H and O–H groups in total. The smallest absolute Gasteiger partial charge is 0.223 e. The van der Waals surface area contributed by atoms with E-state index in [1.54, 1.807) is 6.07 Å². The molecule has 2 fully saturated rings. The highest BCUT2D eigenvalue weighted by molar-refractivity contribution is 5.79. The molecule has 2 saturated heterocycles. The van der Waals surface area contributed by atoms with E-state index in [9.17, 15) is 9.18 Å². The van der Waals surface area contributed by atoms with E-state index >= 15 is 0 Å². The Kier molecular flexibility index (Phi) is 4.10. The quantitative estimate of drug-likeness (QED) is 0.918. The van der Waals surface area contributed by atoms with Crippen molar-refractivity contribution in [3.8, 4) is 0 Å². The fourth-order valence-electron chi connectivity index (χ4n) is 3.35. The van der Waals surface area contributed by atoms with Crippen molar-refractivity contribution in [3.05, 3.63) is 29.6 Å². The number of hydrogen-bond acceptors (Lipinski definition) is 3. The maximum absolute atomic E-state index is 13.5. The molecular weight excluding hydrogens is 269 g/mol. The molecule has 1 aromatic carbocycles. The minimum absolute atomic E-state index is 0.193. The lowest BCUT2D eigenvalue weighted by Crippen LogP contribution is -2.51. The highest BCUT2D eigenvalue weighted by Crippen LogP contribution is 2.28. The Balaban J connectivity index is 1.79. The Hall–Kier alpha value is -1.62. The van der Waals surface area contributed by atoms with Gasteiger partial charge in [-0.15, -0.1) is 0 Å². The summed E-state index contributed by atoms with van der Waals surface area (Å²) in [5.41, 5.74) is 2.09. The first-order valence-corrected chi connectivity index (χ1v) is 7.72. The number of rotatable bonds is 4. The molecule has 1 aromatic rings. The fourth-order valence-corrected chi connectivity index (χ4v) is 3.35. The molecule has 0 spiro atoms. The Labute approximate surface area is 124 Å². The number of fused-ring (bicyclic) bond motifs is 1. The lowest BCUT2D eigenvalue weighted by molar-refractivity contribution is -0.129. The van der Waals surface area contributed by atoms with Gasteiger partial charge in [0.1, 0.15) is 5.82 Å². The molecule has 1 atom stereocenters. The molecule has 1 amide bonds. The maximum Gasteiger partial charge on any atom is 0.223 e. The summed E-state index contributed by atoms with van der Waals surface area (Å²) in [5, 5.41) is 3.27. The van der Waals surface area contributed by atoms with Crippen molar-refractivity contribution in [1.82, 2.24) is 10.2 Å². The van der Waals surface area contributed by atoms with Crippen molar-refractivity contribution in [2.45, 2.75) is 32.4 Å². The predicted molar refractivity (Wildman–Crippen MR) is 80.7 cm³/mol. The molecule has 0 aromatic heterocycles. The second kappa shape index (κ2) is 6.02. The van der Waals surface area contributed by atoms with Crippen LogP contribution in [0.5, 0.6) is 0 Å². The van der Waals surface area contributed by atoms with E-state index < -0.39 is 0 Å². The molecule has 2 aliphatic heterocycles. The largest absolute Gasteiger partial charge is 0.367 e. The first kappa shape index (κ1) is 14.3. The van der Waals surface area contributed by atoms with Crippen LogP contribution < -0.4 is 10.2 Å². The van der Waals surface area contributed by atoms with Gasteiger partial charge in [0, 0.05) is 44.3 Å². The summed E-state index contributed by atoms with van der Waals surface area (Å²) in [6, 6.07) is 5.33. The predicted octanol–water partition coefficient (Wildman–Crippen LogP) is 1.75. The Morgan fingerprint density at radius 1 is 1.38 bits per heavy atom. The number of hydrogen-bond donors (Lipinski definition) is 1. The maximum atomic E-state index is 13.5. The number of anilines is 1. The van der Waals surface area contributed by atoms with Crippen LogP contribution in [0.4, 0.5) is 10.1 Å². The monoisotopic (exact) mass is 291 g/mol. The summed E-state index contributed by atoms with van der Waals surface area (Å²) in [6.07, 6.45) is 1.62. The van der Waals surface area contributed by atoms with E-state index in [1.165, 1.54) is 6.07 Å². The Morgan fingerprint density at radius 2 is 2.24 bits per heavy atom. The van der Waals surface area contributed by atoms with Crippen LogP contribution in [-0.4, -0.2) is 43.0 Å². The van der Waals surface area contributed by atoms with E-state index in [0.29, 0.717) is 19.0 Å². The van der Waals surface area contributed by atoms with Crippen molar-refractivity contribution in [1.29, 1.82) is 0 Å². The third kappa shape index (κ3) is 2.88. The van der Waals surface area contributed by atoms with Crippen molar-refractivity contribution in [2.75, 3.05) is 31.1 Å². The van der Waals surface area contributed by atoms with Crippen LogP contribution in [0.25, 0.3) is 0 Å². The number of benzene rings is 1. The summed E-state index contributed by atoms with van der Waals surface area (Å²) in [7, 11) is 0. The summed E-state index contributed by atoms with van der Waals surface area (Å²) >= 11 is 0. The summed E-state index contributed by atoms with van der Waals surface area (Å²) in [6.45, 7) is 6.04. The molecule has 0 radical (unpaired) electrons. The average molecular weight is 291 g/mol. The summed E-state index contributed by atoms with van der Waals surface area (Å²) in [4.78, 5) is 16.1. The van der Waals surface area contributed by atoms with Gasteiger partial charge in [-0.25, -0.2) is 4.39 Å². The van der Waals surface area contributed by atoms with Gasteiger partial charge in [0.15, 0.2) is 0 Å². The number of halogens is 1. The van der Waals surface area contributed by atoms with E-state index in [0.717, 1.165) is 43.9 Å². The number of carbonyl (C=O) groups excluding carboxylic acids is 1. The molecule has 0 saturated carbocycles. The van der Waals surface area contributed by atoms with Crippen LogP contribution in [0.2, 0.25) is 0 Å². The van der Waals surface area contributed by atoms with E-state index in [1.807, 2.05) is 17.9 Å². The van der Waals surface area contributed by atoms with Gasteiger partial charge in [0.25, 0.3) is 0 Å². The molecule has 0 aliphatic carbocycles. The molecule has 5 heteroatoms. The zero-order chi connectivity index (χ0) is 14.8. The van der Waals surface area contributed by atoms with Crippen LogP contribution in [-0.2, 0) is 11.3 Å². The van der Waals surface area contributed by atoms with Crippen LogP contribution in [0.15, 0.2) is 18.2 Å². The van der Waals surface area contributed by atoms with Crippen molar-refractivity contribution in [2.24, 2.45) is 0 Å². The van der Waals surface area contributed by atoms with Gasteiger partial charge in [-0.3, -0.25) is 4.79 Å². The minimum atomic E-state index is -0.193. The van der Waals surface area contributed by atoms with Gasteiger partial charge < -0.3 is 15.1 Å². The van der Waals surface area contributed by atoms with Gasteiger partial charge in [-0.2, -0.15) is 0 Å². The first-order chi connectivity index (χ1) is 10.2. The lowest BCUT2D eigenvalue weighted by Gasteiger charge is -2.39. The zero-order valence-corrected chi connectivity index (χ0v) is 12.4. The van der Waals surface area contributed by atoms with Crippen LogP contribution in [0.3, 0.4) is 0 Å². The van der Waals surface area contributed by atoms with Gasteiger partial charge in [-0.05, 0) is 36.7 Å². The second-order valence-electron chi connectivity index (χ2n) is 5.78. The number of nitrogens with one attached hydrogen (secondary N) is 1. The molecule has 2 aliphatic rings. The van der Waals surface area contributed by atoms with Crippen LogP contribution in [0, 0.1) is 5.82 Å². The average Bonchev–Trinajstić information content (AvgIpc) is 2.86. The van der Waals surface area contributed by atoms with Gasteiger partial charge in [0.2, 0.25) is 5.91 Å². The zero-order valence-electron chi connectivity index (χ0n) is 12.4. The number of nitrogens with zero attached hydrogens (tertiary/aromatic N) is 2. The molecule has 4 nitrogen and oxygen atoms in total. The lowest BCUT2D eigenvalue weighted by atomic mass is 10.1. The van der Waals surface area contributed by atoms with Gasteiger partial charge >= 0.3 is 0 Å². The molecule has 2 heterocycles. The van der Waals surface area contributed by atoms with E-state index in [-0.39, 0.29) is 11.7 Å². The summed E-state index contributed by atoms with van der Waals surface area (Å²) < 4.78 is 13.5. The van der Waals surface area contributed by atoms with Crippen molar-refractivity contribution >= 4 is 11.6 Å². The third-order valence-electron chi connectivity index (χ3n) is 4.44. The van der Waals surface area contributed by atoms with Gasteiger partial charge in [-0.1, -0.05) is 6.92 Å². The fraction of sp³-hybridized carbons (Fsp3) is 0.562. The number of piperazine rings is 1. The molecule has 3 rings (SSSR count).